The van der Waals surface area contributed by atoms with Crippen molar-refractivity contribution < 1.29 is 19.4 Å². The number of allylic oxidation sites excluding steroid dienone is 7. The fourth-order valence-corrected chi connectivity index (χ4v) is 3.79. The molecule has 0 aromatic rings. The summed E-state index contributed by atoms with van der Waals surface area (Å²) in [5.41, 5.74) is -1.85. The lowest BCUT2D eigenvalue weighted by molar-refractivity contribution is -0.139. The number of hydrogen-bond donors (Lipinski definition) is 2. The van der Waals surface area contributed by atoms with E-state index in [0.717, 1.165) is 5.92 Å². The molecule has 160 valence electrons. The number of carbonyl (C=O) groups excluding carboxylic acids is 2. The molecule has 2 N–H and O–H groups in total. The minimum Gasteiger partial charge on any atom is -0.368 e. The Kier molecular flexibility index (Phi) is 7.41. The zero-order chi connectivity index (χ0) is 21.8. The number of ketones is 1. The monoisotopic (exact) mass is 401 g/mol. The summed E-state index contributed by atoms with van der Waals surface area (Å²) in [5, 5.41) is 13.0. The highest BCUT2D eigenvalue weighted by atomic mass is 16.6. The highest BCUT2D eigenvalue weighted by Crippen LogP contribution is 2.51. The van der Waals surface area contributed by atoms with Gasteiger partial charge in [-0.05, 0) is 31.3 Å². The number of amides is 1. The van der Waals surface area contributed by atoms with E-state index >= 15 is 0 Å². The second-order valence-corrected chi connectivity index (χ2v) is 8.77. The quantitative estimate of drug-likeness (QED) is 0.252. The van der Waals surface area contributed by atoms with Gasteiger partial charge in [0.15, 0.2) is 17.6 Å². The van der Waals surface area contributed by atoms with Crippen LogP contribution < -0.4 is 5.32 Å². The molecule has 2 rings (SSSR count). The number of nitrogens with one attached hydrogen (secondary N) is 1. The second-order valence-electron chi connectivity index (χ2n) is 8.77. The Balaban J connectivity index is 1.87. The fraction of sp³-hybridized carbons (Fsp3) is 0.583. The third-order valence-electron chi connectivity index (χ3n) is 5.87. The molecule has 5 nitrogen and oxygen atoms in total. The van der Waals surface area contributed by atoms with Crippen molar-refractivity contribution in [2.75, 3.05) is 0 Å². The summed E-state index contributed by atoms with van der Waals surface area (Å²) in [5.74, 6) is 0.00829. The summed E-state index contributed by atoms with van der Waals surface area (Å²) < 4.78 is 5.37. The molecule has 29 heavy (non-hydrogen) atoms. The van der Waals surface area contributed by atoms with Crippen molar-refractivity contribution >= 4 is 11.7 Å². The molecule has 5 heteroatoms. The topological polar surface area (TPSA) is 78.9 Å². The standard InChI is InChI=1S/C24H35NO4/c1-7-17(4)14-19(6)15-18(5)12-10-8-9-11-13-20(26)23-21(29-23)24(28,16(2)3)25-22(23)27/h8-13,15-17,19,21,28H,7,14H2,1-6H3,(H,25,27)/b9-8+,12-10-,13-11+,18-15+/t17?,19?,21-,23+,24-/m1/s1. The Labute approximate surface area is 174 Å². The summed E-state index contributed by atoms with van der Waals surface area (Å²) >= 11 is 0. The summed E-state index contributed by atoms with van der Waals surface area (Å²) in [6.45, 7) is 12.4. The Bertz CT molecular complexity index is 748. The Hall–Kier alpha value is -1.98. The van der Waals surface area contributed by atoms with Crippen molar-refractivity contribution in [3.8, 4) is 0 Å². The minimum absolute atomic E-state index is 0.258. The van der Waals surface area contributed by atoms with Gasteiger partial charge in [-0.2, -0.15) is 0 Å². The number of epoxide rings is 1. The minimum atomic E-state index is -1.57. The summed E-state index contributed by atoms with van der Waals surface area (Å²) in [6.07, 6.45) is 14.3. The van der Waals surface area contributed by atoms with Gasteiger partial charge in [0.1, 0.15) is 0 Å². The molecule has 2 aliphatic heterocycles. The van der Waals surface area contributed by atoms with Crippen LogP contribution in [0, 0.1) is 17.8 Å². The Morgan fingerprint density at radius 3 is 2.31 bits per heavy atom. The van der Waals surface area contributed by atoms with E-state index in [9.17, 15) is 14.7 Å². The number of rotatable bonds is 10. The predicted octanol–water partition coefficient (Wildman–Crippen LogP) is 3.85. The van der Waals surface area contributed by atoms with Gasteiger partial charge in [-0.25, -0.2) is 0 Å². The normalized spacial score (nSPS) is 31.7. The average molecular weight is 402 g/mol. The molecule has 0 saturated carbocycles. The fourth-order valence-electron chi connectivity index (χ4n) is 3.79. The van der Waals surface area contributed by atoms with Gasteiger partial charge in [-0.3, -0.25) is 9.59 Å². The van der Waals surface area contributed by atoms with Crippen LogP contribution in [0.5, 0.6) is 0 Å². The molecule has 0 aromatic heterocycles. The van der Waals surface area contributed by atoms with Gasteiger partial charge in [-0.15, -0.1) is 0 Å². The Morgan fingerprint density at radius 2 is 1.79 bits per heavy atom. The summed E-state index contributed by atoms with van der Waals surface area (Å²) in [6, 6.07) is 0. The number of fused-ring (bicyclic) bond motifs is 1. The van der Waals surface area contributed by atoms with Crippen LogP contribution in [0.4, 0.5) is 0 Å². The van der Waals surface area contributed by atoms with Gasteiger partial charge in [0, 0.05) is 5.92 Å². The second kappa shape index (κ2) is 9.23. The van der Waals surface area contributed by atoms with E-state index in [1.54, 1.807) is 26.0 Å². The molecule has 0 aromatic carbocycles. The SMILES string of the molecule is CCC(C)CC(C)/C=C(C)/C=C\C=C\C=C\C(=O)[C@]12O[C@H]1[C@](O)(C(C)C)NC2=O. The third-order valence-corrected chi connectivity index (χ3v) is 5.87. The molecule has 2 saturated heterocycles. The van der Waals surface area contributed by atoms with Crippen molar-refractivity contribution in [3.63, 3.8) is 0 Å². The zero-order valence-electron chi connectivity index (χ0n) is 18.4. The zero-order valence-corrected chi connectivity index (χ0v) is 18.4. The maximum atomic E-state index is 12.5. The van der Waals surface area contributed by atoms with E-state index in [1.165, 1.54) is 24.5 Å². The van der Waals surface area contributed by atoms with E-state index in [-0.39, 0.29) is 5.92 Å². The molecule has 2 heterocycles. The molecule has 0 spiro atoms. The van der Waals surface area contributed by atoms with E-state index in [0.29, 0.717) is 5.92 Å². The number of aliphatic hydroxyl groups is 1. The van der Waals surface area contributed by atoms with Crippen LogP contribution in [-0.4, -0.2) is 34.2 Å². The smallest absolute Gasteiger partial charge is 0.265 e. The van der Waals surface area contributed by atoms with Crippen molar-refractivity contribution in [1.82, 2.24) is 5.32 Å². The van der Waals surface area contributed by atoms with Crippen LogP contribution in [0.1, 0.15) is 54.4 Å². The van der Waals surface area contributed by atoms with Gasteiger partial charge in [-0.1, -0.05) is 83.1 Å². The summed E-state index contributed by atoms with van der Waals surface area (Å²) in [4.78, 5) is 24.7. The maximum absolute atomic E-state index is 12.5. The van der Waals surface area contributed by atoms with E-state index in [2.05, 4.69) is 39.1 Å². The van der Waals surface area contributed by atoms with Gasteiger partial charge in [0.05, 0.1) is 0 Å². The largest absolute Gasteiger partial charge is 0.368 e. The highest BCUT2D eigenvalue weighted by Gasteiger charge is 2.80. The van der Waals surface area contributed by atoms with Crippen LogP contribution in [0.3, 0.4) is 0 Å². The van der Waals surface area contributed by atoms with Gasteiger partial charge < -0.3 is 15.2 Å². The van der Waals surface area contributed by atoms with Crippen molar-refractivity contribution in [3.05, 3.63) is 48.1 Å². The molecule has 1 amide bonds. The summed E-state index contributed by atoms with van der Waals surface area (Å²) in [7, 11) is 0. The van der Waals surface area contributed by atoms with Gasteiger partial charge in [0.2, 0.25) is 5.60 Å². The lowest BCUT2D eigenvalue weighted by Crippen LogP contribution is -2.52. The molecule has 0 radical (unpaired) electrons. The lowest BCUT2D eigenvalue weighted by atomic mass is 9.91. The van der Waals surface area contributed by atoms with Crippen molar-refractivity contribution in [1.29, 1.82) is 0 Å². The predicted molar refractivity (Wildman–Crippen MR) is 115 cm³/mol. The van der Waals surface area contributed by atoms with E-state index in [4.69, 9.17) is 4.74 Å². The molecular weight excluding hydrogens is 366 g/mol. The first kappa shape index (κ1) is 23.3. The first-order valence-corrected chi connectivity index (χ1v) is 10.5. The number of ether oxygens (including phenoxy) is 1. The maximum Gasteiger partial charge on any atom is 0.265 e. The molecule has 5 atom stereocenters. The van der Waals surface area contributed by atoms with Crippen molar-refractivity contribution in [2.45, 2.75) is 71.8 Å². The van der Waals surface area contributed by atoms with Gasteiger partial charge >= 0.3 is 0 Å². The average Bonchev–Trinajstić information content (AvgIpc) is 3.36. The number of morpholine rings is 1. The van der Waals surface area contributed by atoms with Crippen LogP contribution in [0.25, 0.3) is 0 Å². The highest BCUT2D eigenvalue weighted by molar-refractivity contribution is 6.19. The molecule has 0 aliphatic carbocycles. The van der Waals surface area contributed by atoms with Crippen molar-refractivity contribution in [2.24, 2.45) is 17.8 Å². The van der Waals surface area contributed by atoms with E-state index < -0.39 is 29.1 Å². The Morgan fingerprint density at radius 1 is 1.17 bits per heavy atom. The third kappa shape index (κ3) is 4.96. The van der Waals surface area contributed by atoms with Crippen LogP contribution >= 0.6 is 0 Å². The van der Waals surface area contributed by atoms with Crippen LogP contribution in [-0.2, 0) is 14.3 Å². The first-order chi connectivity index (χ1) is 13.6. The molecule has 2 fully saturated rings. The molecule has 2 unspecified atom stereocenters. The molecular formula is C24H35NO4. The molecule has 0 bridgehead atoms. The first-order valence-electron chi connectivity index (χ1n) is 10.5. The van der Waals surface area contributed by atoms with E-state index in [1.807, 2.05) is 18.2 Å². The number of carbonyl (C=O) groups is 2. The number of hydrogen-bond acceptors (Lipinski definition) is 4. The lowest BCUT2D eigenvalue weighted by Gasteiger charge is -2.27. The molecule has 2 aliphatic rings. The van der Waals surface area contributed by atoms with Crippen LogP contribution in [0.2, 0.25) is 0 Å². The van der Waals surface area contributed by atoms with Crippen LogP contribution in [0.15, 0.2) is 48.1 Å². The van der Waals surface area contributed by atoms with Gasteiger partial charge in [0.25, 0.3) is 5.91 Å².